The quantitative estimate of drug-likeness (QED) is 0.562. The van der Waals surface area contributed by atoms with Gasteiger partial charge in [0.2, 0.25) is 5.91 Å². The standard InChI is InChI=1S/C7H15NO/c1-4-6-7(9)8(3)5-2/h4-6H2,1-3H3. The van der Waals surface area contributed by atoms with Crippen LogP contribution in [0.1, 0.15) is 26.7 Å². The van der Waals surface area contributed by atoms with Crippen molar-refractivity contribution in [1.82, 2.24) is 4.90 Å². The minimum absolute atomic E-state index is 0.250. The SMILES string of the molecule is CCCC(=O)N(C)CC. The van der Waals surface area contributed by atoms with E-state index in [0.717, 1.165) is 13.0 Å². The van der Waals surface area contributed by atoms with E-state index < -0.39 is 0 Å². The maximum Gasteiger partial charge on any atom is 0.222 e. The lowest BCUT2D eigenvalue weighted by atomic mass is 10.3. The van der Waals surface area contributed by atoms with Gasteiger partial charge in [-0.05, 0) is 13.3 Å². The minimum atomic E-state index is 0.250. The van der Waals surface area contributed by atoms with Gasteiger partial charge in [0.15, 0.2) is 0 Å². The third kappa shape index (κ3) is 3.12. The first-order valence-electron chi connectivity index (χ1n) is 3.46. The molecule has 0 heterocycles. The second-order valence-corrected chi connectivity index (χ2v) is 2.16. The third-order valence-corrected chi connectivity index (χ3v) is 1.36. The molecule has 0 spiro atoms. The van der Waals surface area contributed by atoms with Gasteiger partial charge in [-0.25, -0.2) is 0 Å². The van der Waals surface area contributed by atoms with E-state index in [9.17, 15) is 4.79 Å². The van der Waals surface area contributed by atoms with Gasteiger partial charge in [0.25, 0.3) is 0 Å². The van der Waals surface area contributed by atoms with Crippen LogP contribution in [0.2, 0.25) is 0 Å². The molecule has 0 aromatic carbocycles. The van der Waals surface area contributed by atoms with E-state index in [1.165, 1.54) is 0 Å². The van der Waals surface area contributed by atoms with E-state index in [4.69, 9.17) is 0 Å². The molecule has 0 bridgehead atoms. The Kier molecular flexibility index (Phi) is 4.10. The van der Waals surface area contributed by atoms with Gasteiger partial charge >= 0.3 is 0 Å². The second-order valence-electron chi connectivity index (χ2n) is 2.16. The summed E-state index contributed by atoms with van der Waals surface area (Å²) in [5.41, 5.74) is 0. The second kappa shape index (κ2) is 4.36. The Labute approximate surface area is 56.9 Å². The van der Waals surface area contributed by atoms with Gasteiger partial charge in [0, 0.05) is 20.0 Å². The van der Waals surface area contributed by atoms with Crippen LogP contribution < -0.4 is 0 Å². The van der Waals surface area contributed by atoms with E-state index in [-0.39, 0.29) is 5.91 Å². The molecule has 0 saturated heterocycles. The summed E-state index contributed by atoms with van der Waals surface area (Å²) in [7, 11) is 1.83. The average molecular weight is 129 g/mol. The van der Waals surface area contributed by atoms with Gasteiger partial charge in [-0.1, -0.05) is 6.92 Å². The molecule has 1 amide bonds. The van der Waals surface area contributed by atoms with E-state index in [2.05, 4.69) is 0 Å². The van der Waals surface area contributed by atoms with E-state index in [0.29, 0.717) is 6.42 Å². The van der Waals surface area contributed by atoms with Crippen LogP contribution in [0, 0.1) is 0 Å². The zero-order valence-electron chi connectivity index (χ0n) is 6.48. The highest BCUT2D eigenvalue weighted by Crippen LogP contribution is 1.92. The highest BCUT2D eigenvalue weighted by Gasteiger charge is 2.02. The monoisotopic (exact) mass is 129 g/mol. The van der Waals surface area contributed by atoms with Crippen molar-refractivity contribution in [2.75, 3.05) is 13.6 Å². The molecule has 0 saturated carbocycles. The van der Waals surface area contributed by atoms with Gasteiger partial charge in [0.05, 0.1) is 0 Å². The number of hydrogen-bond acceptors (Lipinski definition) is 1. The topological polar surface area (TPSA) is 20.3 Å². The fourth-order valence-corrected chi connectivity index (χ4v) is 0.581. The summed E-state index contributed by atoms with van der Waals surface area (Å²) in [6.07, 6.45) is 1.63. The van der Waals surface area contributed by atoms with Gasteiger partial charge in [-0.15, -0.1) is 0 Å². The van der Waals surface area contributed by atoms with Crippen LogP contribution in [0.25, 0.3) is 0 Å². The van der Waals surface area contributed by atoms with Gasteiger partial charge in [-0.3, -0.25) is 4.79 Å². The number of hydrogen-bond donors (Lipinski definition) is 0. The lowest BCUT2D eigenvalue weighted by molar-refractivity contribution is -0.129. The van der Waals surface area contributed by atoms with Gasteiger partial charge in [0.1, 0.15) is 0 Å². The van der Waals surface area contributed by atoms with E-state index >= 15 is 0 Å². The predicted molar refractivity (Wildman–Crippen MR) is 38.2 cm³/mol. The van der Waals surface area contributed by atoms with Crippen LogP contribution in [-0.2, 0) is 4.79 Å². The highest BCUT2D eigenvalue weighted by molar-refractivity contribution is 5.75. The zero-order valence-corrected chi connectivity index (χ0v) is 6.48. The highest BCUT2D eigenvalue weighted by atomic mass is 16.2. The average Bonchev–Trinajstić information content (AvgIpc) is 1.87. The number of rotatable bonds is 3. The summed E-state index contributed by atoms with van der Waals surface area (Å²) in [5, 5.41) is 0. The number of amides is 1. The zero-order chi connectivity index (χ0) is 7.28. The number of carbonyl (C=O) groups excluding carboxylic acids is 1. The first-order valence-corrected chi connectivity index (χ1v) is 3.46. The Morgan fingerprint density at radius 1 is 1.44 bits per heavy atom. The maximum atomic E-state index is 10.9. The fourth-order valence-electron chi connectivity index (χ4n) is 0.581. The molecule has 2 heteroatoms. The van der Waals surface area contributed by atoms with Crippen molar-refractivity contribution in [1.29, 1.82) is 0 Å². The Bertz CT molecular complexity index is 90.9. The molecule has 54 valence electrons. The summed E-state index contributed by atoms with van der Waals surface area (Å²) in [4.78, 5) is 12.6. The molecular formula is C7H15NO. The summed E-state index contributed by atoms with van der Waals surface area (Å²) in [6.45, 7) is 4.81. The summed E-state index contributed by atoms with van der Waals surface area (Å²) < 4.78 is 0. The molecule has 2 nitrogen and oxygen atoms in total. The van der Waals surface area contributed by atoms with Crippen molar-refractivity contribution < 1.29 is 4.79 Å². The predicted octanol–water partition coefficient (Wildman–Crippen LogP) is 1.26. The molecule has 0 N–H and O–H groups in total. The van der Waals surface area contributed by atoms with E-state index in [1.54, 1.807) is 4.90 Å². The molecule has 9 heavy (non-hydrogen) atoms. The maximum absolute atomic E-state index is 10.9. The fraction of sp³-hybridized carbons (Fsp3) is 0.857. The molecule has 0 unspecified atom stereocenters. The summed E-state index contributed by atoms with van der Waals surface area (Å²) in [5.74, 6) is 0.250. The molecule has 0 aliphatic rings. The smallest absolute Gasteiger partial charge is 0.222 e. The van der Waals surface area contributed by atoms with Gasteiger partial charge < -0.3 is 4.90 Å². The van der Waals surface area contributed by atoms with Crippen molar-refractivity contribution in [3.63, 3.8) is 0 Å². The van der Waals surface area contributed by atoms with E-state index in [1.807, 2.05) is 20.9 Å². The third-order valence-electron chi connectivity index (χ3n) is 1.36. The van der Waals surface area contributed by atoms with Crippen LogP contribution in [-0.4, -0.2) is 24.4 Å². The largest absolute Gasteiger partial charge is 0.346 e. The first-order chi connectivity index (χ1) is 4.22. The molecular weight excluding hydrogens is 114 g/mol. The Morgan fingerprint density at radius 3 is 2.33 bits per heavy atom. The molecule has 0 radical (unpaired) electrons. The van der Waals surface area contributed by atoms with Crippen LogP contribution in [0.5, 0.6) is 0 Å². The molecule has 0 aromatic rings. The van der Waals surface area contributed by atoms with Crippen LogP contribution >= 0.6 is 0 Å². The Balaban J connectivity index is 3.46. The summed E-state index contributed by atoms with van der Waals surface area (Å²) in [6, 6.07) is 0. The lowest BCUT2D eigenvalue weighted by Gasteiger charge is -2.12. The van der Waals surface area contributed by atoms with Crippen molar-refractivity contribution >= 4 is 5.91 Å². The summed E-state index contributed by atoms with van der Waals surface area (Å²) >= 11 is 0. The minimum Gasteiger partial charge on any atom is -0.346 e. The van der Waals surface area contributed by atoms with Crippen molar-refractivity contribution in [2.45, 2.75) is 26.7 Å². The molecule has 0 rings (SSSR count). The van der Waals surface area contributed by atoms with Gasteiger partial charge in [-0.2, -0.15) is 0 Å². The lowest BCUT2D eigenvalue weighted by Crippen LogP contribution is -2.25. The molecule has 0 aliphatic heterocycles. The van der Waals surface area contributed by atoms with Crippen LogP contribution in [0.4, 0.5) is 0 Å². The molecule has 0 atom stereocenters. The van der Waals surface area contributed by atoms with Crippen LogP contribution in [0.3, 0.4) is 0 Å². The molecule has 0 fully saturated rings. The molecule has 0 aliphatic carbocycles. The van der Waals surface area contributed by atoms with Crippen LogP contribution in [0.15, 0.2) is 0 Å². The Hall–Kier alpha value is -0.530. The first kappa shape index (κ1) is 8.47. The number of carbonyl (C=O) groups is 1. The van der Waals surface area contributed by atoms with Crippen molar-refractivity contribution in [3.8, 4) is 0 Å². The van der Waals surface area contributed by atoms with Crippen molar-refractivity contribution in [3.05, 3.63) is 0 Å². The Morgan fingerprint density at radius 2 is 2.00 bits per heavy atom. The molecule has 0 aromatic heterocycles. The number of nitrogens with zero attached hydrogens (tertiary/aromatic N) is 1. The normalized spacial score (nSPS) is 9.22. The van der Waals surface area contributed by atoms with Crippen molar-refractivity contribution in [2.24, 2.45) is 0 Å².